The molecule has 0 aromatic heterocycles. The van der Waals surface area contributed by atoms with E-state index in [0.717, 1.165) is 46.1 Å². The first-order valence-corrected chi connectivity index (χ1v) is 14.1. The summed E-state index contributed by atoms with van der Waals surface area (Å²) in [5.41, 5.74) is 11.9. The molecule has 3 heterocycles. The number of benzene rings is 6. The summed E-state index contributed by atoms with van der Waals surface area (Å²) in [6, 6.07) is 47.2. The zero-order valence-corrected chi connectivity index (χ0v) is 22.2. The summed E-state index contributed by atoms with van der Waals surface area (Å²) in [4.78, 5) is 2.38. The third-order valence-corrected chi connectivity index (χ3v) is 8.61. The molecule has 3 nitrogen and oxygen atoms in total. The van der Waals surface area contributed by atoms with E-state index in [1.54, 1.807) is 0 Å². The first-order valence-electron chi connectivity index (χ1n) is 14.1. The Morgan fingerprint density at radius 2 is 1.15 bits per heavy atom. The average molecular weight is 525 g/mol. The van der Waals surface area contributed by atoms with Crippen molar-refractivity contribution in [1.29, 1.82) is 0 Å². The summed E-state index contributed by atoms with van der Waals surface area (Å²) in [5.74, 6) is 3.54. The Morgan fingerprint density at radius 3 is 1.88 bits per heavy atom. The maximum absolute atomic E-state index is 6.60. The van der Waals surface area contributed by atoms with Crippen molar-refractivity contribution < 1.29 is 9.47 Å². The minimum atomic E-state index is 0.0779. The molecule has 3 aliphatic rings. The minimum absolute atomic E-state index is 0.0779. The summed E-state index contributed by atoms with van der Waals surface area (Å²) >= 11 is 0. The third kappa shape index (κ3) is 3.34. The SMILES string of the molecule is c1ccc(N2c3ccccc3Cc3c(-c4cc5c6c(c4)Oc4ccccc4B6c4ccccc4O5)cccc32)cc1. The molecule has 3 aliphatic heterocycles. The van der Waals surface area contributed by atoms with Gasteiger partial charge in [0, 0.05) is 23.3 Å². The summed E-state index contributed by atoms with van der Waals surface area (Å²) in [5, 5.41) is 0. The molecule has 6 aromatic carbocycles. The van der Waals surface area contributed by atoms with Crippen LogP contribution in [0.1, 0.15) is 11.1 Å². The summed E-state index contributed by atoms with van der Waals surface area (Å²) in [7, 11) is 0. The van der Waals surface area contributed by atoms with E-state index in [1.807, 2.05) is 12.1 Å². The van der Waals surface area contributed by atoms with Gasteiger partial charge in [-0.05, 0) is 81.7 Å². The van der Waals surface area contributed by atoms with E-state index in [9.17, 15) is 0 Å². The lowest BCUT2D eigenvalue weighted by Gasteiger charge is -2.35. The Balaban J connectivity index is 1.26. The normalized spacial score (nSPS) is 13.6. The number of rotatable bonds is 2. The standard InChI is InChI=1S/C37H24BNO2/c1-2-12-26(13-3-1)39-31-17-7-4-11-24(31)21-28-27(14-10-18-32(28)39)25-22-35-37-36(23-25)41-34-20-9-6-16-30(34)38(37)29-15-5-8-19-33(29)40-35/h1-20,22-23H,21H2. The van der Waals surface area contributed by atoms with Crippen LogP contribution in [0.4, 0.5) is 17.1 Å². The van der Waals surface area contributed by atoms with Gasteiger partial charge in [0.1, 0.15) is 23.0 Å². The third-order valence-electron chi connectivity index (χ3n) is 8.61. The molecule has 0 spiro atoms. The monoisotopic (exact) mass is 525 g/mol. The maximum Gasteiger partial charge on any atom is 0.260 e. The molecule has 0 N–H and O–H groups in total. The Hall–Kier alpha value is -5.22. The largest absolute Gasteiger partial charge is 0.458 e. The van der Waals surface area contributed by atoms with Crippen LogP contribution in [0.25, 0.3) is 11.1 Å². The molecule has 0 atom stereocenters. The fourth-order valence-corrected chi connectivity index (χ4v) is 6.84. The second-order valence-corrected chi connectivity index (χ2v) is 10.9. The van der Waals surface area contributed by atoms with Gasteiger partial charge in [0.15, 0.2) is 0 Å². The molecule has 9 rings (SSSR count). The topological polar surface area (TPSA) is 21.7 Å². The van der Waals surface area contributed by atoms with E-state index < -0.39 is 0 Å². The summed E-state index contributed by atoms with van der Waals surface area (Å²) < 4.78 is 13.2. The van der Waals surface area contributed by atoms with Crippen LogP contribution >= 0.6 is 0 Å². The van der Waals surface area contributed by atoms with E-state index >= 15 is 0 Å². The Kier molecular flexibility index (Phi) is 4.76. The van der Waals surface area contributed by atoms with Crippen molar-refractivity contribution in [1.82, 2.24) is 0 Å². The Labute approximate surface area is 239 Å². The smallest absolute Gasteiger partial charge is 0.260 e. The number of hydrogen-bond acceptors (Lipinski definition) is 3. The van der Waals surface area contributed by atoms with Crippen molar-refractivity contribution in [2.75, 3.05) is 4.90 Å². The van der Waals surface area contributed by atoms with E-state index in [1.165, 1.54) is 39.0 Å². The highest BCUT2D eigenvalue weighted by Crippen LogP contribution is 2.47. The van der Waals surface area contributed by atoms with Crippen LogP contribution in [0.15, 0.2) is 133 Å². The highest BCUT2D eigenvalue weighted by Gasteiger charge is 2.40. The number of hydrogen-bond donors (Lipinski definition) is 0. The predicted molar refractivity (Wildman–Crippen MR) is 167 cm³/mol. The molecule has 0 unspecified atom stereocenters. The fourth-order valence-electron chi connectivity index (χ4n) is 6.84. The zero-order chi connectivity index (χ0) is 26.9. The molecule has 0 aliphatic carbocycles. The molecular weight excluding hydrogens is 501 g/mol. The number of anilines is 3. The summed E-state index contributed by atoms with van der Waals surface area (Å²) in [6.45, 7) is 0.0779. The van der Waals surface area contributed by atoms with E-state index in [-0.39, 0.29) is 6.71 Å². The van der Waals surface area contributed by atoms with E-state index in [0.29, 0.717) is 0 Å². The molecule has 0 saturated carbocycles. The number of para-hydroxylation sites is 4. The minimum Gasteiger partial charge on any atom is -0.458 e. The van der Waals surface area contributed by atoms with Gasteiger partial charge in [-0.15, -0.1) is 0 Å². The van der Waals surface area contributed by atoms with Crippen molar-refractivity contribution in [3.05, 3.63) is 145 Å². The van der Waals surface area contributed by atoms with Crippen LogP contribution in [0.5, 0.6) is 23.0 Å². The van der Waals surface area contributed by atoms with Crippen LogP contribution in [-0.4, -0.2) is 6.71 Å². The van der Waals surface area contributed by atoms with Gasteiger partial charge in [-0.3, -0.25) is 0 Å². The zero-order valence-electron chi connectivity index (χ0n) is 22.2. The number of nitrogens with zero attached hydrogens (tertiary/aromatic N) is 1. The van der Waals surface area contributed by atoms with Crippen molar-refractivity contribution in [3.8, 4) is 34.1 Å². The van der Waals surface area contributed by atoms with Crippen LogP contribution in [0, 0.1) is 0 Å². The molecule has 0 bridgehead atoms. The van der Waals surface area contributed by atoms with Gasteiger partial charge < -0.3 is 14.4 Å². The molecule has 0 radical (unpaired) electrons. The molecule has 0 saturated heterocycles. The fraction of sp³-hybridized carbons (Fsp3) is 0.0270. The Morgan fingerprint density at radius 1 is 0.537 bits per heavy atom. The highest BCUT2D eigenvalue weighted by atomic mass is 16.5. The molecule has 0 amide bonds. The predicted octanol–water partition coefficient (Wildman–Crippen LogP) is 7.46. The second-order valence-electron chi connectivity index (χ2n) is 10.9. The van der Waals surface area contributed by atoms with Crippen molar-refractivity contribution in [2.45, 2.75) is 6.42 Å². The van der Waals surface area contributed by atoms with Crippen molar-refractivity contribution in [3.63, 3.8) is 0 Å². The highest BCUT2D eigenvalue weighted by molar-refractivity contribution is 6.98. The molecule has 6 aromatic rings. The molecule has 4 heteroatoms. The van der Waals surface area contributed by atoms with Crippen LogP contribution in [-0.2, 0) is 6.42 Å². The van der Waals surface area contributed by atoms with Crippen molar-refractivity contribution in [2.24, 2.45) is 0 Å². The second kappa shape index (κ2) is 8.64. The lowest BCUT2D eigenvalue weighted by Crippen LogP contribution is -2.57. The van der Waals surface area contributed by atoms with E-state index in [4.69, 9.17) is 9.47 Å². The Bertz CT molecular complexity index is 1930. The van der Waals surface area contributed by atoms with Gasteiger partial charge in [-0.25, -0.2) is 0 Å². The van der Waals surface area contributed by atoms with E-state index in [2.05, 4.69) is 126 Å². The van der Waals surface area contributed by atoms with Crippen LogP contribution in [0.3, 0.4) is 0 Å². The van der Waals surface area contributed by atoms with Gasteiger partial charge in [-0.2, -0.15) is 0 Å². The van der Waals surface area contributed by atoms with Crippen LogP contribution in [0.2, 0.25) is 0 Å². The van der Waals surface area contributed by atoms with Gasteiger partial charge in [0.25, 0.3) is 6.71 Å². The van der Waals surface area contributed by atoms with Gasteiger partial charge in [0.2, 0.25) is 0 Å². The van der Waals surface area contributed by atoms with Crippen molar-refractivity contribution >= 4 is 40.2 Å². The molecule has 41 heavy (non-hydrogen) atoms. The van der Waals surface area contributed by atoms with Crippen LogP contribution < -0.4 is 30.8 Å². The molecule has 192 valence electrons. The lowest BCUT2D eigenvalue weighted by atomic mass is 9.35. The first-order chi connectivity index (χ1) is 20.3. The number of fused-ring (bicyclic) bond motifs is 6. The average Bonchev–Trinajstić information content (AvgIpc) is 3.03. The summed E-state index contributed by atoms with van der Waals surface area (Å²) in [6.07, 6.45) is 0.855. The lowest BCUT2D eigenvalue weighted by molar-refractivity contribution is 0.465. The molecule has 0 fully saturated rings. The maximum atomic E-state index is 6.60. The van der Waals surface area contributed by atoms with Gasteiger partial charge in [-0.1, -0.05) is 84.9 Å². The first kappa shape index (κ1) is 22.6. The van der Waals surface area contributed by atoms with Gasteiger partial charge in [0.05, 0.1) is 5.69 Å². The molecular formula is C37H24BNO2. The number of ether oxygens (including phenoxy) is 2. The quantitative estimate of drug-likeness (QED) is 0.219. The van der Waals surface area contributed by atoms with Gasteiger partial charge >= 0.3 is 0 Å².